The zero-order chi connectivity index (χ0) is 13.1. The number of carbonyl (C=O) groups excluding carboxylic acids is 1. The number of hydrogen-bond acceptors (Lipinski definition) is 5. The van der Waals surface area contributed by atoms with E-state index in [1.54, 1.807) is 0 Å². The van der Waals surface area contributed by atoms with Crippen LogP contribution in [0.1, 0.15) is 32.7 Å². The smallest absolute Gasteiger partial charge is 0.405 e. The molecule has 0 spiro atoms. The number of rotatable bonds is 3. The summed E-state index contributed by atoms with van der Waals surface area (Å²) in [5.41, 5.74) is 4.70. The summed E-state index contributed by atoms with van der Waals surface area (Å²) in [6.07, 6.45) is 1.60. The van der Waals surface area contributed by atoms with Gasteiger partial charge in [-0.25, -0.2) is 14.8 Å². The number of carbonyl (C=O) groups is 1. The van der Waals surface area contributed by atoms with Crippen molar-refractivity contribution in [2.45, 2.75) is 26.9 Å². The van der Waals surface area contributed by atoms with Crippen LogP contribution in [-0.4, -0.2) is 23.2 Å². The summed E-state index contributed by atoms with van der Waals surface area (Å²) >= 11 is 0. The zero-order valence-corrected chi connectivity index (χ0v) is 10.4. The summed E-state index contributed by atoms with van der Waals surface area (Å²) in [5.74, 6) is 0.942. The van der Waals surface area contributed by atoms with Gasteiger partial charge in [0.25, 0.3) is 0 Å². The largest absolute Gasteiger partial charge is 0.494 e. The van der Waals surface area contributed by atoms with Gasteiger partial charge in [-0.3, -0.25) is 0 Å². The lowest BCUT2D eigenvalue weighted by atomic mass is 9.88. The SMILES string of the molecule is COc1cnc(C(OC(N)=O)C(C)(C)C)nc1. The van der Waals surface area contributed by atoms with Crippen LogP contribution in [0.4, 0.5) is 4.79 Å². The molecule has 0 aromatic carbocycles. The van der Waals surface area contributed by atoms with Crippen molar-refractivity contribution in [1.29, 1.82) is 0 Å². The van der Waals surface area contributed by atoms with Crippen molar-refractivity contribution in [3.63, 3.8) is 0 Å². The lowest BCUT2D eigenvalue weighted by Crippen LogP contribution is -2.28. The highest BCUT2D eigenvalue weighted by Crippen LogP contribution is 2.34. The first-order valence-electron chi connectivity index (χ1n) is 5.16. The van der Waals surface area contributed by atoms with Crippen molar-refractivity contribution in [2.75, 3.05) is 7.11 Å². The number of nitrogens with two attached hydrogens (primary N) is 1. The molecule has 1 unspecified atom stereocenters. The van der Waals surface area contributed by atoms with Crippen LogP contribution in [0.25, 0.3) is 0 Å². The van der Waals surface area contributed by atoms with Crippen LogP contribution in [0.5, 0.6) is 5.75 Å². The van der Waals surface area contributed by atoms with E-state index in [2.05, 4.69) is 9.97 Å². The predicted octanol–water partition coefficient (Wildman–Crippen LogP) is 1.67. The van der Waals surface area contributed by atoms with Crippen LogP contribution in [0, 0.1) is 5.41 Å². The van der Waals surface area contributed by atoms with Gasteiger partial charge in [0, 0.05) is 5.41 Å². The summed E-state index contributed by atoms with van der Waals surface area (Å²) in [6, 6.07) is 0. The Kier molecular flexibility index (Phi) is 3.88. The first kappa shape index (κ1) is 13.2. The normalized spacial score (nSPS) is 12.9. The molecule has 17 heavy (non-hydrogen) atoms. The fourth-order valence-corrected chi connectivity index (χ4v) is 1.30. The Balaban J connectivity index is 3.00. The summed E-state index contributed by atoms with van der Waals surface area (Å²) in [7, 11) is 1.53. The molecule has 1 aromatic heterocycles. The molecule has 0 saturated carbocycles. The maximum absolute atomic E-state index is 10.9. The van der Waals surface area contributed by atoms with Crippen LogP contribution in [-0.2, 0) is 4.74 Å². The van der Waals surface area contributed by atoms with E-state index in [-0.39, 0.29) is 5.41 Å². The molecule has 1 atom stereocenters. The van der Waals surface area contributed by atoms with E-state index in [1.165, 1.54) is 19.5 Å². The standard InChI is InChI=1S/C11H17N3O3/c1-11(2,3)8(17-10(12)15)9-13-5-7(16-4)6-14-9/h5-6,8H,1-4H3,(H2,12,15). The van der Waals surface area contributed by atoms with Gasteiger partial charge < -0.3 is 15.2 Å². The fourth-order valence-electron chi connectivity index (χ4n) is 1.30. The second kappa shape index (κ2) is 4.99. The number of nitrogens with zero attached hydrogens (tertiary/aromatic N) is 2. The minimum Gasteiger partial charge on any atom is -0.494 e. The third kappa shape index (κ3) is 3.58. The molecule has 0 fully saturated rings. The molecule has 0 saturated heterocycles. The Morgan fingerprint density at radius 1 is 1.35 bits per heavy atom. The molecule has 94 valence electrons. The Bertz CT molecular complexity index is 384. The van der Waals surface area contributed by atoms with E-state index in [9.17, 15) is 4.79 Å². The molecule has 0 radical (unpaired) electrons. The van der Waals surface area contributed by atoms with Gasteiger partial charge in [-0.2, -0.15) is 0 Å². The van der Waals surface area contributed by atoms with E-state index in [1.807, 2.05) is 20.8 Å². The van der Waals surface area contributed by atoms with Gasteiger partial charge in [-0.1, -0.05) is 20.8 Å². The van der Waals surface area contributed by atoms with E-state index in [4.69, 9.17) is 15.2 Å². The average Bonchev–Trinajstić information content (AvgIpc) is 2.24. The Morgan fingerprint density at radius 3 is 2.24 bits per heavy atom. The second-order valence-corrected chi connectivity index (χ2v) is 4.66. The van der Waals surface area contributed by atoms with Gasteiger partial charge >= 0.3 is 6.09 Å². The number of aromatic nitrogens is 2. The van der Waals surface area contributed by atoms with Gasteiger partial charge in [0.05, 0.1) is 19.5 Å². The number of hydrogen-bond donors (Lipinski definition) is 1. The quantitative estimate of drug-likeness (QED) is 0.866. The van der Waals surface area contributed by atoms with Crippen LogP contribution in [0.15, 0.2) is 12.4 Å². The molecule has 1 rings (SSSR count). The van der Waals surface area contributed by atoms with Crippen LogP contribution in [0.3, 0.4) is 0 Å². The van der Waals surface area contributed by atoms with E-state index in [0.717, 1.165) is 0 Å². The van der Waals surface area contributed by atoms with Crippen LogP contribution >= 0.6 is 0 Å². The predicted molar refractivity (Wildman–Crippen MR) is 61.4 cm³/mol. The molecular formula is C11H17N3O3. The van der Waals surface area contributed by atoms with E-state index in [0.29, 0.717) is 11.6 Å². The molecule has 0 aliphatic heterocycles. The van der Waals surface area contributed by atoms with Crippen molar-refractivity contribution >= 4 is 6.09 Å². The van der Waals surface area contributed by atoms with Gasteiger partial charge in [0.2, 0.25) is 0 Å². The average molecular weight is 239 g/mol. The van der Waals surface area contributed by atoms with Crippen molar-refractivity contribution in [2.24, 2.45) is 11.1 Å². The van der Waals surface area contributed by atoms with Gasteiger partial charge in [0.1, 0.15) is 0 Å². The molecule has 6 nitrogen and oxygen atoms in total. The van der Waals surface area contributed by atoms with Crippen molar-refractivity contribution in [3.05, 3.63) is 18.2 Å². The number of methoxy groups -OCH3 is 1. The third-order valence-electron chi connectivity index (χ3n) is 2.14. The lowest BCUT2D eigenvalue weighted by Gasteiger charge is -2.28. The first-order valence-corrected chi connectivity index (χ1v) is 5.16. The Hall–Kier alpha value is -1.85. The minimum absolute atomic E-state index is 0.344. The number of primary amides is 1. The maximum atomic E-state index is 10.9. The molecule has 2 N–H and O–H groups in total. The van der Waals surface area contributed by atoms with Gasteiger partial charge in [-0.15, -0.1) is 0 Å². The Morgan fingerprint density at radius 2 is 1.88 bits per heavy atom. The molecular weight excluding hydrogens is 222 g/mol. The summed E-state index contributed by atoms with van der Waals surface area (Å²) in [5, 5.41) is 0. The summed E-state index contributed by atoms with van der Waals surface area (Å²) in [4.78, 5) is 19.1. The molecule has 1 amide bonds. The van der Waals surface area contributed by atoms with Crippen molar-refractivity contribution in [1.82, 2.24) is 9.97 Å². The third-order valence-corrected chi connectivity index (χ3v) is 2.14. The maximum Gasteiger partial charge on any atom is 0.405 e. The van der Waals surface area contributed by atoms with E-state index < -0.39 is 12.2 Å². The highest BCUT2D eigenvalue weighted by molar-refractivity contribution is 5.65. The van der Waals surface area contributed by atoms with Crippen LogP contribution < -0.4 is 10.5 Å². The lowest BCUT2D eigenvalue weighted by molar-refractivity contribution is 0.0299. The topological polar surface area (TPSA) is 87.3 Å². The minimum atomic E-state index is -0.843. The summed E-state index contributed by atoms with van der Waals surface area (Å²) in [6.45, 7) is 5.73. The molecule has 1 heterocycles. The molecule has 6 heteroatoms. The number of ether oxygens (including phenoxy) is 2. The van der Waals surface area contributed by atoms with Crippen molar-refractivity contribution < 1.29 is 14.3 Å². The first-order chi connectivity index (χ1) is 7.84. The highest BCUT2D eigenvalue weighted by atomic mass is 16.6. The van der Waals surface area contributed by atoms with Gasteiger partial charge in [-0.05, 0) is 0 Å². The van der Waals surface area contributed by atoms with E-state index >= 15 is 0 Å². The zero-order valence-electron chi connectivity index (χ0n) is 10.4. The molecule has 0 bridgehead atoms. The number of amides is 1. The van der Waals surface area contributed by atoms with Gasteiger partial charge in [0.15, 0.2) is 17.7 Å². The molecule has 0 aliphatic rings. The molecule has 0 aliphatic carbocycles. The Labute approximate surface area is 100 Å². The second-order valence-electron chi connectivity index (χ2n) is 4.66. The monoisotopic (exact) mass is 239 g/mol. The van der Waals surface area contributed by atoms with Crippen LogP contribution in [0.2, 0.25) is 0 Å². The summed E-state index contributed by atoms with van der Waals surface area (Å²) < 4.78 is 10.0. The molecule has 1 aromatic rings. The fraction of sp³-hybridized carbons (Fsp3) is 0.545. The van der Waals surface area contributed by atoms with Crippen molar-refractivity contribution in [3.8, 4) is 5.75 Å². The highest BCUT2D eigenvalue weighted by Gasteiger charge is 2.31.